The first-order chi connectivity index (χ1) is 9.48. The van der Waals surface area contributed by atoms with Gasteiger partial charge in [-0.3, -0.25) is 0 Å². The first-order valence-corrected chi connectivity index (χ1v) is 10.1. The number of benzene rings is 1. The average molecular weight is 290 g/mol. The van der Waals surface area contributed by atoms with Gasteiger partial charge in [0.05, 0.1) is 21.3 Å². The van der Waals surface area contributed by atoms with Crippen molar-refractivity contribution in [2.24, 2.45) is 0 Å². The summed E-state index contributed by atoms with van der Waals surface area (Å²) in [5.74, 6) is 0.909. The maximum Gasteiger partial charge on any atom is 0.118 e. The third-order valence-corrected chi connectivity index (χ3v) is 8.06. The van der Waals surface area contributed by atoms with Gasteiger partial charge in [-0.15, -0.1) is 13.2 Å². The largest absolute Gasteiger partial charge is 0.497 e. The summed E-state index contributed by atoms with van der Waals surface area (Å²) in [7, 11) is -0.220. The lowest BCUT2D eigenvalue weighted by atomic mass is 10.1. The maximum atomic E-state index is 10.5. The van der Waals surface area contributed by atoms with Crippen LogP contribution in [0, 0.1) is 0 Å². The lowest BCUT2D eigenvalue weighted by molar-refractivity contribution is 0.167. The molecule has 0 fully saturated rings. The van der Waals surface area contributed by atoms with E-state index in [0.717, 1.165) is 18.6 Å². The Bertz CT molecular complexity index is 454. The Morgan fingerprint density at radius 3 is 2.50 bits per heavy atom. The number of methoxy groups -OCH3 is 1. The fraction of sp³-hybridized carbons (Fsp3) is 0.412. The number of allylic oxidation sites excluding steroid dienone is 1. The molecule has 1 rings (SSSR count). The molecule has 3 heteroatoms. The maximum absolute atomic E-state index is 10.5. The fourth-order valence-electron chi connectivity index (χ4n) is 2.76. The van der Waals surface area contributed by atoms with E-state index >= 15 is 0 Å². The van der Waals surface area contributed by atoms with Crippen LogP contribution in [0.1, 0.15) is 12.8 Å². The van der Waals surface area contributed by atoms with Crippen molar-refractivity contribution in [1.82, 2.24) is 0 Å². The predicted octanol–water partition coefficient (Wildman–Crippen LogP) is 3.49. The zero-order valence-electron chi connectivity index (χ0n) is 12.8. The van der Waals surface area contributed by atoms with Gasteiger partial charge in [0.15, 0.2) is 0 Å². The highest BCUT2D eigenvalue weighted by Gasteiger charge is 2.37. The molecule has 0 spiro atoms. The van der Waals surface area contributed by atoms with Gasteiger partial charge in [-0.05, 0) is 24.1 Å². The molecule has 0 aliphatic carbocycles. The van der Waals surface area contributed by atoms with Crippen molar-refractivity contribution in [2.75, 3.05) is 7.11 Å². The van der Waals surface area contributed by atoms with Crippen LogP contribution in [-0.2, 0) is 0 Å². The molecule has 110 valence electrons. The molecule has 0 saturated heterocycles. The molecule has 2 atom stereocenters. The Hall–Kier alpha value is -1.32. The molecule has 0 aliphatic heterocycles. The normalized spacial score (nSPS) is 14.4. The molecule has 1 aromatic rings. The summed E-state index contributed by atoms with van der Waals surface area (Å²) in [5.41, 5.74) is 0.0961. The summed E-state index contributed by atoms with van der Waals surface area (Å²) >= 11 is 0. The predicted molar refractivity (Wildman–Crippen MR) is 89.5 cm³/mol. The van der Waals surface area contributed by atoms with Crippen molar-refractivity contribution >= 4 is 13.3 Å². The van der Waals surface area contributed by atoms with E-state index in [1.54, 1.807) is 7.11 Å². The quantitative estimate of drug-likeness (QED) is 0.586. The van der Waals surface area contributed by atoms with Gasteiger partial charge >= 0.3 is 0 Å². The Balaban J connectivity index is 3.10. The van der Waals surface area contributed by atoms with Crippen LogP contribution < -0.4 is 9.92 Å². The lowest BCUT2D eigenvalue weighted by Gasteiger charge is -2.35. The molecule has 2 nitrogen and oxygen atoms in total. The van der Waals surface area contributed by atoms with Crippen LogP contribution in [0.25, 0.3) is 0 Å². The number of rotatable bonds is 8. The minimum Gasteiger partial charge on any atom is -0.497 e. The van der Waals surface area contributed by atoms with E-state index in [4.69, 9.17) is 4.74 Å². The second-order valence-corrected chi connectivity index (χ2v) is 10.3. The number of para-hydroxylation sites is 1. The minimum absolute atomic E-state index is 0.0961. The summed E-state index contributed by atoms with van der Waals surface area (Å²) in [4.78, 5) is 0. The molecular formula is C17H26O2Si. The topological polar surface area (TPSA) is 29.5 Å². The lowest BCUT2D eigenvalue weighted by Crippen LogP contribution is -2.49. The van der Waals surface area contributed by atoms with E-state index in [2.05, 4.69) is 32.3 Å². The van der Waals surface area contributed by atoms with Gasteiger partial charge in [0, 0.05) is 5.54 Å². The van der Waals surface area contributed by atoms with Crippen molar-refractivity contribution in [2.45, 2.75) is 37.6 Å². The van der Waals surface area contributed by atoms with Crippen molar-refractivity contribution in [1.29, 1.82) is 0 Å². The molecule has 0 unspecified atom stereocenters. The number of hydrogen-bond acceptors (Lipinski definition) is 2. The van der Waals surface area contributed by atoms with Gasteiger partial charge in [-0.2, -0.15) is 0 Å². The number of aliphatic hydroxyl groups is 1. The number of hydrogen-bond donors (Lipinski definition) is 1. The highest BCUT2D eigenvalue weighted by molar-refractivity contribution is 6.92. The first kappa shape index (κ1) is 16.7. The van der Waals surface area contributed by atoms with Crippen LogP contribution in [0.5, 0.6) is 5.75 Å². The van der Waals surface area contributed by atoms with Gasteiger partial charge < -0.3 is 9.84 Å². The van der Waals surface area contributed by atoms with E-state index in [0.29, 0.717) is 0 Å². The van der Waals surface area contributed by atoms with Gasteiger partial charge in [0.25, 0.3) is 0 Å². The summed E-state index contributed by atoms with van der Waals surface area (Å²) in [6, 6.07) is 8.11. The highest BCUT2D eigenvalue weighted by Crippen LogP contribution is 2.31. The van der Waals surface area contributed by atoms with Crippen molar-refractivity contribution in [3.8, 4) is 5.75 Å². The Morgan fingerprint density at radius 2 is 1.95 bits per heavy atom. The zero-order chi connectivity index (χ0) is 15.2. The molecule has 0 aromatic heterocycles. The molecule has 0 heterocycles. The van der Waals surface area contributed by atoms with Crippen molar-refractivity contribution in [3.05, 3.63) is 49.6 Å². The van der Waals surface area contributed by atoms with Crippen LogP contribution in [0.3, 0.4) is 0 Å². The third-order valence-electron chi connectivity index (χ3n) is 3.97. The van der Waals surface area contributed by atoms with Crippen LogP contribution in [0.2, 0.25) is 18.6 Å². The van der Waals surface area contributed by atoms with Crippen LogP contribution in [0.4, 0.5) is 0 Å². The number of ether oxygens (including phenoxy) is 1. The molecule has 0 bridgehead atoms. The monoisotopic (exact) mass is 290 g/mol. The van der Waals surface area contributed by atoms with Crippen LogP contribution in [-0.4, -0.2) is 26.4 Å². The van der Waals surface area contributed by atoms with Crippen LogP contribution in [0.15, 0.2) is 49.6 Å². The van der Waals surface area contributed by atoms with E-state index in [-0.39, 0.29) is 11.6 Å². The summed E-state index contributed by atoms with van der Waals surface area (Å²) in [6.07, 6.45) is 4.93. The Morgan fingerprint density at radius 1 is 1.30 bits per heavy atom. The van der Waals surface area contributed by atoms with E-state index in [1.165, 1.54) is 5.19 Å². The van der Waals surface area contributed by atoms with Crippen molar-refractivity contribution < 1.29 is 9.84 Å². The summed E-state index contributed by atoms with van der Waals surface area (Å²) in [5, 5.41) is 11.7. The fourth-order valence-corrected chi connectivity index (χ4v) is 6.18. The molecule has 0 saturated carbocycles. The molecule has 0 amide bonds. The van der Waals surface area contributed by atoms with Gasteiger partial charge in [-0.1, -0.05) is 43.4 Å². The van der Waals surface area contributed by atoms with E-state index in [1.807, 2.05) is 30.4 Å². The third kappa shape index (κ3) is 3.61. The second-order valence-electron chi connectivity index (χ2n) is 5.62. The number of aliphatic hydroxyl groups excluding tert-OH is 1. The van der Waals surface area contributed by atoms with E-state index in [9.17, 15) is 5.11 Å². The highest BCUT2D eigenvalue weighted by atomic mass is 28.3. The minimum atomic E-state index is -1.91. The Labute approximate surface area is 123 Å². The first-order valence-electron chi connectivity index (χ1n) is 7.04. The molecule has 1 aromatic carbocycles. The average Bonchev–Trinajstić information content (AvgIpc) is 2.45. The smallest absolute Gasteiger partial charge is 0.118 e. The molecule has 20 heavy (non-hydrogen) atoms. The van der Waals surface area contributed by atoms with Crippen LogP contribution >= 0.6 is 0 Å². The van der Waals surface area contributed by atoms with Gasteiger partial charge in [0.2, 0.25) is 0 Å². The standard InChI is InChI=1S/C17H26O2Si/c1-6-8-11-14(18)16(7-2)20(4,5)17-13-10-9-12-15(17)19-3/h6-7,9-10,12-14,16,18H,1-2,8,11H2,3-5H3/t14-,16+/m1/s1. The van der Waals surface area contributed by atoms with E-state index < -0.39 is 8.07 Å². The Kier molecular flexibility index (Phi) is 6.24. The van der Waals surface area contributed by atoms with Crippen molar-refractivity contribution in [3.63, 3.8) is 0 Å². The molecular weight excluding hydrogens is 264 g/mol. The van der Waals surface area contributed by atoms with Gasteiger partial charge in [-0.25, -0.2) is 0 Å². The summed E-state index contributed by atoms with van der Waals surface area (Å²) < 4.78 is 5.49. The second kappa shape index (κ2) is 7.46. The molecule has 0 radical (unpaired) electrons. The molecule has 1 N–H and O–H groups in total. The van der Waals surface area contributed by atoms with Gasteiger partial charge in [0.1, 0.15) is 5.75 Å². The molecule has 0 aliphatic rings. The summed E-state index contributed by atoms with van der Waals surface area (Å²) in [6.45, 7) is 12.2. The zero-order valence-corrected chi connectivity index (χ0v) is 13.8. The SMILES string of the molecule is C=CCC[C@@H](O)[C@H](C=C)[Si](C)(C)c1ccccc1OC.